The fraction of sp³-hybridized carbons (Fsp3) is 1.00. The van der Waals surface area contributed by atoms with Gasteiger partial charge < -0.3 is 9.80 Å². The highest BCUT2D eigenvalue weighted by Crippen LogP contribution is 2.28. The Kier molecular flexibility index (Phi) is 7.14. The lowest BCUT2D eigenvalue weighted by atomic mass is 9.84. The monoisotopic (exact) mass is 240 g/mol. The fourth-order valence-electron chi connectivity index (χ4n) is 3.02. The standard InChI is InChI=1S/C15H32N2/c1-5-14-8-10-15(11-9-14)16(4)12-13-17(6-2)7-3/h14-15H,5-13H2,1-4H3. The lowest BCUT2D eigenvalue weighted by molar-refractivity contribution is 0.145. The van der Waals surface area contributed by atoms with Gasteiger partial charge in [-0.25, -0.2) is 0 Å². The van der Waals surface area contributed by atoms with Crippen molar-refractivity contribution in [2.45, 2.75) is 58.9 Å². The molecule has 0 aromatic heterocycles. The van der Waals surface area contributed by atoms with Crippen LogP contribution in [0.1, 0.15) is 52.9 Å². The van der Waals surface area contributed by atoms with E-state index in [-0.39, 0.29) is 0 Å². The molecule has 1 aliphatic carbocycles. The average molecular weight is 240 g/mol. The largest absolute Gasteiger partial charge is 0.303 e. The van der Waals surface area contributed by atoms with Gasteiger partial charge in [0.2, 0.25) is 0 Å². The van der Waals surface area contributed by atoms with Crippen molar-refractivity contribution >= 4 is 0 Å². The van der Waals surface area contributed by atoms with Gasteiger partial charge in [-0.3, -0.25) is 0 Å². The fourth-order valence-corrected chi connectivity index (χ4v) is 3.02. The van der Waals surface area contributed by atoms with E-state index in [1.54, 1.807) is 0 Å². The molecule has 0 unspecified atom stereocenters. The zero-order chi connectivity index (χ0) is 12.7. The second-order valence-corrected chi connectivity index (χ2v) is 5.59. The highest BCUT2D eigenvalue weighted by atomic mass is 15.2. The van der Waals surface area contributed by atoms with Crippen LogP contribution in [0, 0.1) is 5.92 Å². The molecule has 0 spiro atoms. The minimum atomic E-state index is 0.855. The van der Waals surface area contributed by atoms with Crippen LogP contribution in [0.15, 0.2) is 0 Å². The van der Waals surface area contributed by atoms with Gasteiger partial charge in [0, 0.05) is 19.1 Å². The number of nitrogens with zero attached hydrogens (tertiary/aromatic N) is 2. The lowest BCUT2D eigenvalue weighted by Crippen LogP contribution is -2.40. The quantitative estimate of drug-likeness (QED) is 0.674. The number of hydrogen-bond acceptors (Lipinski definition) is 2. The van der Waals surface area contributed by atoms with Gasteiger partial charge in [-0.15, -0.1) is 0 Å². The Morgan fingerprint density at radius 1 is 0.882 bits per heavy atom. The molecule has 1 rings (SSSR count). The van der Waals surface area contributed by atoms with Crippen LogP contribution in [0.4, 0.5) is 0 Å². The molecule has 0 atom stereocenters. The van der Waals surface area contributed by atoms with Crippen LogP contribution >= 0.6 is 0 Å². The number of hydrogen-bond donors (Lipinski definition) is 0. The molecule has 17 heavy (non-hydrogen) atoms. The van der Waals surface area contributed by atoms with Crippen LogP contribution in [-0.4, -0.2) is 49.1 Å². The van der Waals surface area contributed by atoms with Crippen molar-refractivity contribution in [3.8, 4) is 0 Å². The SMILES string of the molecule is CCC1CCC(N(C)CCN(CC)CC)CC1. The van der Waals surface area contributed by atoms with Crippen LogP contribution in [-0.2, 0) is 0 Å². The van der Waals surface area contributed by atoms with Crippen molar-refractivity contribution < 1.29 is 0 Å². The van der Waals surface area contributed by atoms with Gasteiger partial charge in [0.15, 0.2) is 0 Å². The third-order valence-electron chi connectivity index (χ3n) is 4.68. The predicted molar refractivity (Wildman–Crippen MR) is 76.5 cm³/mol. The summed E-state index contributed by atoms with van der Waals surface area (Å²) in [6, 6.07) is 0.855. The smallest absolute Gasteiger partial charge is 0.0109 e. The number of likely N-dealkylation sites (N-methyl/N-ethyl adjacent to an activating group) is 2. The van der Waals surface area contributed by atoms with E-state index in [1.807, 2.05) is 0 Å². The van der Waals surface area contributed by atoms with Gasteiger partial charge in [0.25, 0.3) is 0 Å². The van der Waals surface area contributed by atoms with E-state index in [0.29, 0.717) is 0 Å². The first-order chi connectivity index (χ1) is 8.21. The van der Waals surface area contributed by atoms with Crippen molar-refractivity contribution in [1.29, 1.82) is 0 Å². The van der Waals surface area contributed by atoms with Gasteiger partial charge in [0.05, 0.1) is 0 Å². The Bertz CT molecular complexity index is 181. The van der Waals surface area contributed by atoms with Crippen molar-refractivity contribution in [2.75, 3.05) is 33.2 Å². The first-order valence-electron chi connectivity index (χ1n) is 7.63. The summed E-state index contributed by atoms with van der Waals surface area (Å²) < 4.78 is 0. The van der Waals surface area contributed by atoms with Gasteiger partial charge in [0.1, 0.15) is 0 Å². The van der Waals surface area contributed by atoms with E-state index in [1.165, 1.54) is 58.3 Å². The first kappa shape index (κ1) is 15.0. The Morgan fingerprint density at radius 2 is 1.47 bits per heavy atom. The zero-order valence-corrected chi connectivity index (χ0v) is 12.4. The van der Waals surface area contributed by atoms with Gasteiger partial charge in [-0.05, 0) is 51.7 Å². The van der Waals surface area contributed by atoms with E-state index in [0.717, 1.165) is 12.0 Å². The van der Waals surface area contributed by atoms with Crippen molar-refractivity contribution in [3.05, 3.63) is 0 Å². The van der Waals surface area contributed by atoms with E-state index < -0.39 is 0 Å². The van der Waals surface area contributed by atoms with Gasteiger partial charge in [-0.1, -0.05) is 27.2 Å². The molecule has 2 heteroatoms. The second kappa shape index (κ2) is 8.10. The molecule has 0 heterocycles. The molecular formula is C15H32N2. The molecule has 0 aliphatic heterocycles. The molecule has 2 nitrogen and oxygen atoms in total. The molecular weight excluding hydrogens is 208 g/mol. The van der Waals surface area contributed by atoms with E-state index in [9.17, 15) is 0 Å². The van der Waals surface area contributed by atoms with Gasteiger partial charge in [-0.2, -0.15) is 0 Å². The molecule has 1 aliphatic rings. The third-order valence-corrected chi connectivity index (χ3v) is 4.68. The van der Waals surface area contributed by atoms with Crippen LogP contribution in [0.2, 0.25) is 0 Å². The summed E-state index contributed by atoms with van der Waals surface area (Å²) in [5.74, 6) is 1.02. The summed E-state index contributed by atoms with van der Waals surface area (Å²) in [5, 5.41) is 0. The highest BCUT2D eigenvalue weighted by Gasteiger charge is 2.22. The molecule has 0 amide bonds. The molecule has 0 radical (unpaired) electrons. The predicted octanol–water partition coefficient (Wildman–Crippen LogP) is 3.23. The summed E-state index contributed by atoms with van der Waals surface area (Å²) in [6.45, 7) is 11.7. The van der Waals surface area contributed by atoms with Crippen molar-refractivity contribution in [2.24, 2.45) is 5.92 Å². The topological polar surface area (TPSA) is 6.48 Å². The average Bonchev–Trinajstić information content (AvgIpc) is 2.39. The summed E-state index contributed by atoms with van der Waals surface area (Å²) in [5.41, 5.74) is 0. The maximum atomic E-state index is 2.60. The normalized spacial score (nSPS) is 25.8. The summed E-state index contributed by atoms with van der Waals surface area (Å²) in [4.78, 5) is 5.12. The second-order valence-electron chi connectivity index (χ2n) is 5.59. The van der Waals surface area contributed by atoms with Crippen LogP contribution in [0.25, 0.3) is 0 Å². The van der Waals surface area contributed by atoms with Crippen LogP contribution in [0.5, 0.6) is 0 Å². The molecule has 1 fully saturated rings. The zero-order valence-electron chi connectivity index (χ0n) is 12.4. The Hall–Kier alpha value is -0.0800. The third kappa shape index (κ3) is 4.97. The maximum absolute atomic E-state index is 2.60. The van der Waals surface area contributed by atoms with Gasteiger partial charge >= 0.3 is 0 Å². The van der Waals surface area contributed by atoms with Crippen molar-refractivity contribution in [3.63, 3.8) is 0 Å². The molecule has 0 N–H and O–H groups in total. The lowest BCUT2D eigenvalue weighted by Gasteiger charge is -2.35. The highest BCUT2D eigenvalue weighted by molar-refractivity contribution is 4.78. The van der Waals surface area contributed by atoms with Crippen LogP contribution in [0.3, 0.4) is 0 Å². The molecule has 0 aromatic carbocycles. The molecule has 0 saturated heterocycles. The summed E-state index contributed by atoms with van der Waals surface area (Å²) >= 11 is 0. The minimum absolute atomic E-state index is 0.855. The van der Waals surface area contributed by atoms with Crippen molar-refractivity contribution in [1.82, 2.24) is 9.80 Å². The van der Waals surface area contributed by atoms with Crippen LogP contribution < -0.4 is 0 Å². The molecule has 1 saturated carbocycles. The maximum Gasteiger partial charge on any atom is 0.0109 e. The van der Waals surface area contributed by atoms with E-state index in [4.69, 9.17) is 0 Å². The Balaban J connectivity index is 2.22. The molecule has 0 bridgehead atoms. The van der Waals surface area contributed by atoms with E-state index >= 15 is 0 Å². The summed E-state index contributed by atoms with van der Waals surface area (Å²) in [7, 11) is 2.32. The number of rotatable bonds is 7. The molecule has 102 valence electrons. The summed E-state index contributed by atoms with van der Waals surface area (Å²) in [6.07, 6.45) is 7.14. The molecule has 0 aromatic rings. The first-order valence-corrected chi connectivity index (χ1v) is 7.63. The minimum Gasteiger partial charge on any atom is -0.303 e. The van der Waals surface area contributed by atoms with E-state index in [2.05, 4.69) is 37.6 Å². The Labute approximate surface area is 108 Å². The Morgan fingerprint density at radius 3 is 1.94 bits per heavy atom.